The second-order valence-electron chi connectivity index (χ2n) is 8.22. The summed E-state index contributed by atoms with van der Waals surface area (Å²) in [6, 6.07) is 1.59. The Morgan fingerprint density at radius 3 is 2.76 bits per heavy atom. The second kappa shape index (κ2) is 7.00. The number of anilines is 1. The Bertz CT molecular complexity index is 1020. The summed E-state index contributed by atoms with van der Waals surface area (Å²) in [5, 5.41) is 16.9. The number of rotatable bonds is 3. The average molecular weight is 420 g/mol. The lowest BCUT2D eigenvalue weighted by molar-refractivity contribution is -0.120. The summed E-state index contributed by atoms with van der Waals surface area (Å²) in [6.07, 6.45) is 3.52. The predicted molar refractivity (Wildman–Crippen MR) is 106 cm³/mol. The summed E-state index contributed by atoms with van der Waals surface area (Å²) in [5.74, 6) is 0.208. The van der Waals surface area contributed by atoms with E-state index in [1.165, 1.54) is 4.52 Å². The van der Waals surface area contributed by atoms with Crippen LogP contribution in [0.2, 0.25) is 5.15 Å². The van der Waals surface area contributed by atoms with Gasteiger partial charge in [0.05, 0.1) is 12.6 Å². The van der Waals surface area contributed by atoms with Gasteiger partial charge in [0, 0.05) is 17.7 Å². The number of halogens is 1. The minimum Gasteiger partial charge on any atom is -0.443 e. The van der Waals surface area contributed by atoms with Crippen LogP contribution in [0.4, 0.5) is 10.6 Å². The van der Waals surface area contributed by atoms with Gasteiger partial charge in [-0.2, -0.15) is 9.61 Å². The number of nitrogens with zero attached hydrogens (tertiary/aromatic N) is 4. The van der Waals surface area contributed by atoms with Crippen LogP contribution in [0.15, 0.2) is 17.8 Å². The number of carbonyl (C=O) groups is 2. The molecule has 10 heteroatoms. The van der Waals surface area contributed by atoms with Gasteiger partial charge in [0.15, 0.2) is 5.65 Å². The summed E-state index contributed by atoms with van der Waals surface area (Å²) in [4.78, 5) is 30.3. The molecular formula is C19H22ClN5O4. The normalized spacial score (nSPS) is 20.9. The van der Waals surface area contributed by atoms with Crippen LogP contribution in [0.25, 0.3) is 11.7 Å². The molecule has 2 aliphatic rings. The number of nitrogens with one attached hydrogen (secondary N) is 1. The van der Waals surface area contributed by atoms with Gasteiger partial charge in [-0.1, -0.05) is 11.6 Å². The molecule has 1 saturated heterocycles. The molecule has 1 aliphatic heterocycles. The topological polar surface area (TPSA) is 109 Å². The van der Waals surface area contributed by atoms with Gasteiger partial charge in [-0.05, 0) is 45.3 Å². The molecule has 0 spiro atoms. The van der Waals surface area contributed by atoms with Crippen molar-refractivity contribution in [1.82, 2.24) is 19.9 Å². The SMILES string of the molecule is CC(C)(C)OC(=O)N(c1cc(Cl)nc2c(/C=C3\CC(=O)NC3O)cnn12)C1CC1. The summed E-state index contributed by atoms with van der Waals surface area (Å²) in [7, 11) is 0. The number of hydrogen-bond donors (Lipinski definition) is 2. The first-order valence-corrected chi connectivity index (χ1v) is 9.74. The lowest BCUT2D eigenvalue weighted by atomic mass is 10.1. The number of aliphatic hydroxyl groups excluding tert-OH is 1. The molecule has 2 aromatic heterocycles. The maximum atomic E-state index is 12.9. The first-order chi connectivity index (χ1) is 13.6. The lowest BCUT2D eigenvalue weighted by Crippen LogP contribution is -2.39. The molecule has 1 saturated carbocycles. The van der Waals surface area contributed by atoms with E-state index >= 15 is 0 Å². The maximum absolute atomic E-state index is 12.9. The van der Waals surface area contributed by atoms with E-state index in [0.717, 1.165) is 12.8 Å². The Morgan fingerprint density at radius 1 is 1.45 bits per heavy atom. The first-order valence-electron chi connectivity index (χ1n) is 9.37. The Labute approximate surface area is 172 Å². The summed E-state index contributed by atoms with van der Waals surface area (Å²) >= 11 is 6.26. The van der Waals surface area contributed by atoms with E-state index in [4.69, 9.17) is 16.3 Å². The van der Waals surface area contributed by atoms with Crippen molar-refractivity contribution in [2.24, 2.45) is 0 Å². The highest BCUT2D eigenvalue weighted by atomic mass is 35.5. The molecule has 0 aromatic carbocycles. The summed E-state index contributed by atoms with van der Waals surface area (Å²) in [5.41, 5.74) is 0.872. The van der Waals surface area contributed by atoms with E-state index in [-0.39, 0.29) is 23.5 Å². The van der Waals surface area contributed by atoms with Crippen molar-refractivity contribution in [3.63, 3.8) is 0 Å². The number of fused-ring (bicyclic) bond motifs is 1. The van der Waals surface area contributed by atoms with Crippen molar-refractivity contribution in [1.29, 1.82) is 0 Å². The van der Waals surface area contributed by atoms with Crippen LogP contribution < -0.4 is 10.2 Å². The molecule has 1 unspecified atom stereocenters. The minimum absolute atomic E-state index is 0.0102. The third-order valence-corrected chi connectivity index (χ3v) is 4.75. The van der Waals surface area contributed by atoms with Crippen molar-refractivity contribution in [3.8, 4) is 0 Å². The molecule has 9 nitrogen and oxygen atoms in total. The fraction of sp³-hybridized carbons (Fsp3) is 0.474. The molecule has 3 heterocycles. The minimum atomic E-state index is -1.04. The number of carbonyl (C=O) groups excluding carboxylic acids is 2. The van der Waals surface area contributed by atoms with Crippen molar-refractivity contribution < 1.29 is 19.4 Å². The number of hydrogen-bond acceptors (Lipinski definition) is 6. The zero-order valence-corrected chi connectivity index (χ0v) is 17.1. The van der Waals surface area contributed by atoms with Gasteiger partial charge in [-0.25, -0.2) is 9.78 Å². The molecule has 154 valence electrons. The predicted octanol–water partition coefficient (Wildman–Crippen LogP) is 2.51. The zero-order valence-electron chi connectivity index (χ0n) is 16.3. The standard InChI is InChI=1S/C19H22ClN5O4/c1-19(2,3)29-18(28)24(12-4-5-12)15-8-13(20)22-16-11(9-21-25(15)16)6-10-7-14(26)23-17(10)27/h6,8-9,12,17,27H,4-5,7H2,1-3H3,(H,23,26)/b10-6+. The Morgan fingerprint density at radius 2 is 2.17 bits per heavy atom. The molecule has 0 radical (unpaired) electrons. The highest BCUT2D eigenvalue weighted by Crippen LogP contribution is 2.35. The summed E-state index contributed by atoms with van der Waals surface area (Å²) < 4.78 is 7.10. The monoisotopic (exact) mass is 419 g/mol. The van der Waals surface area contributed by atoms with Gasteiger partial charge in [0.1, 0.15) is 22.8 Å². The number of aromatic nitrogens is 3. The van der Waals surface area contributed by atoms with Crippen LogP contribution in [0.5, 0.6) is 0 Å². The van der Waals surface area contributed by atoms with Crippen molar-refractivity contribution in [2.75, 3.05) is 4.90 Å². The second-order valence-corrected chi connectivity index (χ2v) is 8.61. The highest BCUT2D eigenvalue weighted by Gasteiger charge is 2.38. The van der Waals surface area contributed by atoms with Crippen LogP contribution in [-0.2, 0) is 9.53 Å². The van der Waals surface area contributed by atoms with E-state index in [1.54, 1.807) is 23.2 Å². The largest absolute Gasteiger partial charge is 0.443 e. The van der Waals surface area contributed by atoms with Crippen LogP contribution in [-0.4, -0.2) is 49.6 Å². The molecule has 4 rings (SSSR count). The maximum Gasteiger partial charge on any atom is 0.416 e. The van der Waals surface area contributed by atoms with E-state index in [2.05, 4.69) is 15.4 Å². The van der Waals surface area contributed by atoms with Crippen LogP contribution in [0.3, 0.4) is 0 Å². The van der Waals surface area contributed by atoms with E-state index in [0.29, 0.717) is 22.6 Å². The molecule has 2 fully saturated rings. The fourth-order valence-electron chi connectivity index (χ4n) is 3.19. The molecule has 1 aliphatic carbocycles. The molecule has 2 amide bonds. The van der Waals surface area contributed by atoms with Gasteiger partial charge in [-0.15, -0.1) is 0 Å². The zero-order chi connectivity index (χ0) is 20.9. The lowest BCUT2D eigenvalue weighted by Gasteiger charge is -2.27. The quantitative estimate of drug-likeness (QED) is 0.740. The van der Waals surface area contributed by atoms with Gasteiger partial charge < -0.3 is 15.2 Å². The van der Waals surface area contributed by atoms with Gasteiger partial charge >= 0.3 is 6.09 Å². The molecule has 2 aromatic rings. The van der Waals surface area contributed by atoms with Crippen molar-refractivity contribution in [2.45, 2.75) is 57.9 Å². The Balaban J connectivity index is 1.77. The Kier molecular flexibility index (Phi) is 4.74. The molecular weight excluding hydrogens is 398 g/mol. The number of aliphatic hydroxyl groups is 1. The molecule has 29 heavy (non-hydrogen) atoms. The third kappa shape index (κ3) is 4.06. The van der Waals surface area contributed by atoms with Gasteiger partial charge in [-0.3, -0.25) is 9.69 Å². The van der Waals surface area contributed by atoms with Gasteiger partial charge in [0.25, 0.3) is 0 Å². The third-order valence-electron chi connectivity index (χ3n) is 4.55. The highest BCUT2D eigenvalue weighted by molar-refractivity contribution is 6.29. The Hall–Kier alpha value is -2.65. The molecule has 2 N–H and O–H groups in total. The molecule has 0 bridgehead atoms. The van der Waals surface area contributed by atoms with E-state index in [9.17, 15) is 14.7 Å². The van der Waals surface area contributed by atoms with Crippen molar-refractivity contribution >= 4 is 41.1 Å². The summed E-state index contributed by atoms with van der Waals surface area (Å²) in [6.45, 7) is 5.43. The number of amides is 2. The first kappa shape index (κ1) is 19.7. The smallest absolute Gasteiger partial charge is 0.416 e. The molecule has 1 atom stereocenters. The number of ether oxygens (including phenoxy) is 1. The van der Waals surface area contributed by atoms with Crippen LogP contribution >= 0.6 is 11.6 Å². The van der Waals surface area contributed by atoms with E-state index < -0.39 is 17.9 Å². The fourth-order valence-corrected chi connectivity index (χ4v) is 3.37. The van der Waals surface area contributed by atoms with Gasteiger partial charge in [0.2, 0.25) is 5.91 Å². The average Bonchev–Trinajstić information content (AvgIpc) is 3.25. The van der Waals surface area contributed by atoms with Crippen LogP contribution in [0.1, 0.15) is 45.6 Å². The van der Waals surface area contributed by atoms with Crippen molar-refractivity contribution in [3.05, 3.63) is 28.6 Å². The van der Waals surface area contributed by atoms with Crippen LogP contribution in [0, 0.1) is 0 Å². The van der Waals surface area contributed by atoms with E-state index in [1.807, 2.05) is 20.8 Å².